The van der Waals surface area contributed by atoms with Gasteiger partial charge in [-0.15, -0.1) is 0 Å². The molecule has 0 bridgehead atoms. The van der Waals surface area contributed by atoms with E-state index >= 15 is 0 Å². The predicted molar refractivity (Wildman–Crippen MR) is 88.8 cm³/mol. The van der Waals surface area contributed by atoms with Gasteiger partial charge in [0, 0.05) is 25.6 Å². The van der Waals surface area contributed by atoms with Crippen LogP contribution in [0.25, 0.3) is 0 Å². The largest absolute Gasteiger partial charge is 0.393 e. The molecule has 0 radical (unpaired) electrons. The molecule has 2 aliphatic heterocycles. The summed E-state index contributed by atoms with van der Waals surface area (Å²) >= 11 is 0. The highest BCUT2D eigenvalue weighted by Crippen LogP contribution is 2.35. The molecule has 4 heteroatoms. The van der Waals surface area contributed by atoms with Gasteiger partial charge >= 0.3 is 0 Å². The van der Waals surface area contributed by atoms with Gasteiger partial charge < -0.3 is 14.7 Å². The Morgan fingerprint density at radius 2 is 2.04 bits per heavy atom. The van der Waals surface area contributed by atoms with E-state index in [0.29, 0.717) is 6.54 Å². The quantitative estimate of drug-likeness (QED) is 0.932. The summed E-state index contributed by atoms with van der Waals surface area (Å²) in [5.74, 6) is 0.301. The van der Waals surface area contributed by atoms with E-state index in [1.165, 1.54) is 0 Å². The molecule has 4 nitrogen and oxygen atoms in total. The maximum atomic E-state index is 13.1. The lowest BCUT2D eigenvalue weighted by Crippen LogP contribution is -2.47. The summed E-state index contributed by atoms with van der Waals surface area (Å²) in [6, 6.07) is 10.1. The number of rotatable bonds is 3. The zero-order chi connectivity index (χ0) is 16.2. The average Bonchev–Trinajstić information content (AvgIpc) is 2.62. The predicted octanol–water partition coefficient (Wildman–Crippen LogP) is 2.77. The summed E-state index contributed by atoms with van der Waals surface area (Å²) in [6.45, 7) is 4.03. The van der Waals surface area contributed by atoms with Crippen molar-refractivity contribution in [3.05, 3.63) is 35.9 Å². The van der Waals surface area contributed by atoms with Crippen LogP contribution >= 0.6 is 0 Å². The number of hydrogen-bond donors (Lipinski definition) is 1. The van der Waals surface area contributed by atoms with Gasteiger partial charge in [0.25, 0.3) is 0 Å². The molecule has 0 saturated carbocycles. The van der Waals surface area contributed by atoms with E-state index in [1.807, 2.05) is 42.2 Å². The van der Waals surface area contributed by atoms with Gasteiger partial charge in [-0.3, -0.25) is 4.79 Å². The fourth-order valence-electron chi connectivity index (χ4n) is 3.84. The molecule has 0 aliphatic carbocycles. The number of nitrogens with zero attached hydrogens (tertiary/aromatic N) is 1. The van der Waals surface area contributed by atoms with Gasteiger partial charge in [-0.1, -0.05) is 30.3 Å². The molecule has 23 heavy (non-hydrogen) atoms. The Balaban J connectivity index is 1.74. The first-order valence-corrected chi connectivity index (χ1v) is 8.80. The molecule has 2 heterocycles. The third-order valence-corrected chi connectivity index (χ3v) is 5.22. The van der Waals surface area contributed by atoms with Crippen LogP contribution in [0.3, 0.4) is 0 Å². The van der Waals surface area contributed by atoms with Crippen molar-refractivity contribution >= 4 is 5.91 Å². The Hall–Kier alpha value is -1.39. The van der Waals surface area contributed by atoms with Crippen molar-refractivity contribution in [1.29, 1.82) is 0 Å². The molecule has 1 amide bonds. The van der Waals surface area contributed by atoms with Crippen LogP contribution in [0.15, 0.2) is 30.3 Å². The fourth-order valence-corrected chi connectivity index (χ4v) is 3.84. The second-order valence-electron chi connectivity index (χ2n) is 6.88. The van der Waals surface area contributed by atoms with Crippen molar-refractivity contribution in [2.75, 3.05) is 19.7 Å². The molecule has 4 unspecified atom stereocenters. The molecule has 2 fully saturated rings. The average molecular weight is 317 g/mol. The van der Waals surface area contributed by atoms with Gasteiger partial charge in [0.1, 0.15) is 0 Å². The molecule has 2 saturated heterocycles. The van der Waals surface area contributed by atoms with Crippen LogP contribution < -0.4 is 0 Å². The minimum atomic E-state index is -0.349. The Bertz CT molecular complexity index is 517. The Labute approximate surface area is 138 Å². The zero-order valence-corrected chi connectivity index (χ0v) is 13.9. The van der Waals surface area contributed by atoms with Crippen LogP contribution in [0.5, 0.6) is 0 Å². The summed E-state index contributed by atoms with van der Waals surface area (Å²) in [5, 5.41) is 9.85. The highest BCUT2D eigenvalue weighted by Gasteiger charge is 2.37. The van der Waals surface area contributed by atoms with E-state index < -0.39 is 0 Å². The van der Waals surface area contributed by atoms with E-state index in [4.69, 9.17) is 4.74 Å². The van der Waals surface area contributed by atoms with Crippen molar-refractivity contribution in [1.82, 2.24) is 4.90 Å². The van der Waals surface area contributed by atoms with E-state index in [9.17, 15) is 9.90 Å². The van der Waals surface area contributed by atoms with Crippen molar-refractivity contribution in [2.45, 2.75) is 44.8 Å². The molecule has 1 aromatic carbocycles. The van der Waals surface area contributed by atoms with E-state index in [2.05, 4.69) is 0 Å². The molecule has 1 aromatic rings. The Morgan fingerprint density at radius 3 is 2.78 bits per heavy atom. The number of benzene rings is 1. The molecule has 126 valence electrons. The maximum Gasteiger partial charge on any atom is 0.228 e. The lowest BCUT2D eigenvalue weighted by atomic mass is 9.86. The van der Waals surface area contributed by atoms with Crippen LogP contribution in [0.1, 0.15) is 44.3 Å². The van der Waals surface area contributed by atoms with E-state index in [0.717, 1.165) is 44.4 Å². The van der Waals surface area contributed by atoms with Crippen LogP contribution in [0, 0.1) is 11.8 Å². The number of aliphatic hydroxyl groups excluding tert-OH is 1. The highest BCUT2D eigenvalue weighted by molar-refractivity contribution is 5.80. The number of piperidine rings is 1. The SMILES string of the molecule is CC(O)C1CCCN(C(=O)C2CCCOC2c2ccccc2)C1. The van der Waals surface area contributed by atoms with Gasteiger partial charge in [-0.2, -0.15) is 0 Å². The minimum absolute atomic E-state index is 0.0982. The fraction of sp³-hybridized carbons (Fsp3) is 0.632. The van der Waals surface area contributed by atoms with Crippen LogP contribution in [0.4, 0.5) is 0 Å². The summed E-state index contributed by atoms with van der Waals surface area (Å²) in [5.41, 5.74) is 1.09. The van der Waals surface area contributed by atoms with E-state index in [-0.39, 0.29) is 30.0 Å². The van der Waals surface area contributed by atoms with Gasteiger partial charge in [0.05, 0.1) is 18.1 Å². The number of amides is 1. The molecular formula is C19H27NO3. The van der Waals surface area contributed by atoms with Crippen LogP contribution in [-0.4, -0.2) is 41.7 Å². The maximum absolute atomic E-state index is 13.1. The van der Waals surface area contributed by atoms with Gasteiger partial charge in [-0.05, 0) is 38.2 Å². The summed E-state index contributed by atoms with van der Waals surface area (Å²) in [4.78, 5) is 15.0. The van der Waals surface area contributed by atoms with Crippen molar-refractivity contribution in [3.63, 3.8) is 0 Å². The molecule has 2 aliphatic rings. The molecule has 1 N–H and O–H groups in total. The number of carbonyl (C=O) groups is 1. The molecular weight excluding hydrogens is 290 g/mol. The zero-order valence-electron chi connectivity index (χ0n) is 13.9. The van der Waals surface area contributed by atoms with Gasteiger partial charge in [-0.25, -0.2) is 0 Å². The van der Waals surface area contributed by atoms with Crippen LogP contribution in [0.2, 0.25) is 0 Å². The summed E-state index contributed by atoms with van der Waals surface area (Å²) in [7, 11) is 0. The number of carbonyl (C=O) groups excluding carboxylic acids is 1. The number of ether oxygens (including phenoxy) is 1. The first-order chi connectivity index (χ1) is 11.2. The number of hydrogen-bond acceptors (Lipinski definition) is 3. The molecule has 4 atom stereocenters. The number of aliphatic hydroxyl groups is 1. The van der Waals surface area contributed by atoms with Crippen LogP contribution in [-0.2, 0) is 9.53 Å². The third-order valence-electron chi connectivity index (χ3n) is 5.22. The summed E-state index contributed by atoms with van der Waals surface area (Å²) in [6.07, 6.45) is 3.32. The lowest BCUT2D eigenvalue weighted by molar-refractivity contribution is -0.148. The topological polar surface area (TPSA) is 49.8 Å². The van der Waals surface area contributed by atoms with Crippen molar-refractivity contribution < 1.29 is 14.6 Å². The standard InChI is InChI=1S/C19H27NO3/c1-14(21)16-9-5-11-20(13-16)19(22)17-10-6-12-23-18(17)15-7-3-2-4-8-15/h2-4,7-8,14,16-18,21H,5-6,9-13H2,1H3. The minimum Gasteiger partial charge on any atom is -0.393 e. The number of likely N-dealkylation sites (tertiary alicyclic amines) is 1. The Kier molecular flexibility index (Phi) is 5.34. The first kappa shape index (κ1) is 16.5. The monoisotopic (exact) mass is 317 g/mol. The second kappa shape index (κ2) is 7.45. The van der Waals surface area contributed by atoms with E-state index in [1.54, 1.807) is 0 Å². The molecule has 0 aromatic heterocycles. The van der Waals surface area contributed by atoms with Gasteiger partial charge in [0.2, 0.25) is 5.91 Å². The van der Waals surface area contributed by atoms with Gasteiger partial charge in [0.15, 0.2) is 0 Å². The third kappa shape index (κ3) is 3.75. The smallest absolute Gasteiger partial charge is 0.228 e. The lowest BCUT2D eigenvalue weighted by Gasteiger charge is -2.39. The second-order valence-corrected chi connectivity index (χ2v) is 6.88. The van der Waals surface area contributed by atoms with Crippen molar-refractivity contribution in [2.24, 2.45) is 11.8 Å². The summed E-state index contributed by atoms with van der Waals surface area (Å²) < 4.78 is 5.97. The molecule has 3 rings (SSSR count). The highest BCUT2D eigenvalue weighted by atomic mass is 16.5. The normalized spacial score (nSPS) is 30.0. The van der Waals surface area contributed by atoms with Crippen molar-refractivity contribution in [3.8, 4) is 0 Å². The Morgan fingerprint density at radius 1 is 1.26 bits per heavy atom. The first-order valence-electron chi connectivity index (χ1n) is 8.80. The molecule has 0 spiro atoms.